The molecule has 0 bridgehead atoms. The Hall–Kier alpha value is -2.02. The monoisotopic (exact) mass is 401 g/mol. The molecule has 0 radical (unpaired) electrons. The zero-order valence-corrected chi connectivity index (χ0v) is 15.3. The molecule has 0 aliphatic heterocycles. The Morgan fingerprint density at radius 2 is 1.84 bits per heavy atom. The van der Waals surface area contributed by atoms with Gasteiger partial charge in [0, 0.05) is 23.4 Å². The number of carbonyl (C=O) groups is 1. The summed E-state index contributed by atoms with van der Waals surface area (Å²) in [4.78, 5) is 22.8. The number of non-ortho nitro benzene ring substituents is 1. The molecule has 0 spiro atoms. The first-order valence-electron chi connectivity index (χ1n) is 7.12. The molecule has 1 atom stereocenters. The Bertz CT molecular complexity index is 793. The molecule has 0 unspecified atom stereocenters. The van der Waals surface area contributed by atoms with Crippen molar-refractivity contribution in [1.29, 1.82) is 0 Å². The molecule has 0 aliphatic rings. The summed E-state index contributed by atoms with van der Waals surface area (Å²) >= 11 is 17.8. The first-order valence-corrected chi connectivity index (χ1v) is 8.26. The molecule has 0 aliphatic carbocycles. The number of benzene rings is 2. The lowest BCUT2D eigenvalue weighted by Gasteiger charge is -2.27. The highest BCUT2D eigenvalue weighted by Gasteiger charge is 2.34. The van der Waals surface area contributed by atoms with Crippen LogP contribution in [0.2, 0.25) is 0 Å². The fourth-order valence-electron chi connectivity index (χ4n) is 2.11. The van der Waals surface area contributed by atoms with Gasteiger partial charge in [-0.05, 0) is 24.6 Å². The molecule has 2 rings (SSSR count). The standard InChI is InChI=1S/C16H14Cl3N3O3/c1-10-5-2-3-8-13(10)14(23)21-15(16(17,18)19)20-11-6-4-7-12(9-11)22(24)25/h2-9,15,20H,1H3,(H,21,23)/t15-/m1/s1. The number of carbonyl (C=O) groups excluding carboxylic acids is 1. The number of nitro benzene ring substituents is 1. The summed E-state index contributed by atoms with van der Waals surface area (Å²) in [6, 6.07) is 12.6. The van der Waals surface area contributed by atoms with E-state index < -0.39 is 20.8 Å². The first-order chi connectivity index (χ1) is 11.7. The van der Waals surface area contributed by atoms with Crippen LogP contribution in [0.1, 0.15) is 15.9 Å². The average molecular weight is 403 g/mol. The molecule has 2 aromatic rings. The second kappa shape index (κ2) is 7.91. The van der Waals surface area contributed by atoms with Gasteiger partial charge in [0.2, 0.25) is 3.79 Å². The number of amides is 1. The smallest absolute Gasteiger partial charge is 0.271 e. The maximum Gasteiger partial charge on any atom is 0.271 e. The normalized spacial score (nSPS) is 12.3. The van der Waals surface area contributed by atoms with Crippen LogP contribution in [0, 0.1) is 17.0 Å². The zero-order valence-electron chi connectivity index (χ0n) is 13.0. The minimum Gasteiger partial charge on any atom is -0.362 e. The average Bonchev–Trinajstić information content (AvgIpc) is 2.54. The van der Waals surface area contributed by atoms with Crippen molar-refractivity contribution in [2.75, 3.05) is 5.32 Å². The highest BCUT2D eigenvalue weighted by atomic mass is 35.6. The van der Waals surface area contributed by atoms with Crippen molar-refractivity contribution in [1.82, 2.24) is 5.32 Å². The molecule has 6 nitrogen and oxygen atoms in total. The zero-order chi connectivity index (χ0) is 18.6. The summed E-state index contributed by atoms with van der Waals surface area (Å²) in [5, 5.41) is 16.3. The third-order valence-electron chi connectivity index (χ3n) is 3.36. The molecule has 2 N–H and O–H groups in total. The van der Waals surface area contributed by atoms with E-state index in [1.807, 2.05) is 0 Å². The first kappa shape index (κ1) is 19.3. The van der Waals surface area contributed by atoms with Gasteiger partial charge in [-0.15, -0.1) is 0 Å². The number of hydrogen-bond donors (Lipinski definition) is 2. The summed E-state index contributed by atoms with van der Waals surface area (Å²) in [7, 11) is 0. The van der Waals surface area contributed by atoms with E-state index >= 15 is 0 Å². The molecule has 2 aromatic carbocycles. The van der Waals surface area contributed by atoms with E-state index in [1.165, 1.54) is 18.2 Å². The van der Waals surface area contributed by atoms with E-state index in [9.17, 15) is 14.9 Å². The van der Waals surface area contributed by atoms with Crippen LogP contribution in [0.25, 0.3) is 0 Å². The number of hydrogen-bond acceptors (Lipinski definition) is 4. The number of rotatable bonds is 5. The number of nitro groups is 1. The molecule has 0 saturated carbocycles. The number of alkyl halides is 3. The Kier molecular flexibility index (Phi) is 6.11. The van der Waals surface area contributed by atoms with Crippen LogP contribution in [0.4, 0.5) is 11.4 Å². The molecule has 0 heterocycles. The molecule has 25 heavy (non-hydrogen) atoms. The lowest BCUT2D eigenvalue weighted by Crippen LogP contribution is -2.49. The van der Waals surface area contributed by atoms with Gasteiger partial charge in [-0.3, -0.25) is 14.9 Å². The number of nitrogens with one attached hydrogen (secondary N) is 2. The predicted molar refractivity (Wildman–Crippen MR) is 99.4 cm³/mol. The van der Waals surface area contributed by atoms with E-state index in [0.717, 1.165) is 5.56 Å². The molecule has 0 saturated heterocycles. The highest BCUT2D eigenvalue weighted by molar-refractivity contribution is 6.68. The topological polar surface area (TPSA) is 84.3 Å². The minimum atomic E-state index is -1.89. The Balaban J connectivity index is 2.23. The third kappa shape index (κ3) is 5.22. The van der Waals surface area contributed by atoms with Crippen LogP contribution < -0.4 is 10.6 Å². The van der Waals surface area contributed by atoms with Gasteiger partial charge in [0.15, 0.2) is 0 Å². The van der Waals surface area contributed by atoms with Crippen LogP contribution in [-0.2, 0) is 0 Å². The Morgan fingerprint density at radius 3 is 2.44 bits per heavy atom. The Labute approximate surface area is 159 Å². The van der Waals surface area contributed by atoms with Gasteiger partial charge in [-0.2, -0.15) is 0 Å². The van der Waals surface area contributed by atoms with Gasteiger partial charge in [0.1, 0.15) is 6.17 Å². The lowest BCUT2D eigenvalue weighted by molar-refractivity contribution is -0.384. The summed E-state index contributed by atoms with van der Waals surface area (Å²) in [6.45, 7) is 1.78. The van der Waals surface area contributed by atoms with Crippen LogP contribution in [-0.4, -0.2) is 20.8 Å². The minimum absolute atomic E-state index is 0.127. The highest BCUT2D eigenvalue weighted by Crippen LogP contribution is 2.32. The summed E-state index contributed by atoms with van der Waals surface area (Å²) in [6.07, 6.45) is -1.10. The van der Waals surface area contributed by atoms with Crippen LogP contribution in [0.15, 0.2) is 48.5 Å². The van der Waals surface area contributed by atoms with E-state index in [2.05, 4.69) is 10.6 Å². The molecular formula is C16H14Cl3N3O3. The lowest BCUT2D eigenvalue weighted by atomic mass is 10.1. The molecule has 9 heteroatoms. The number of aryl methyl sites for hydroxylation is 1. The van der Waals surface area contributed by atoms with Crippen molar-refractivity contribution in [3.05, 3.63) is 69.8 Å². The molecule has 1 amide bonds. The second-order valence-electron chi connectivity index (χ2n) is 5.21. The van der Waals surface area contributed by atoms with Gasteiger partial charge in [-0.25, -0.2) is 0 Å². The molecule has 0 fully saturated rings. The number of anilines is 1. The van der Waals surface area contributed by atoms with Crippen molar-refractivity contribution in [2.24, 2.45) is 0 Å². The van der Waals surface area contributed by atoms with E-state index in [4.69, 9.17) is 34.8 Å². The van der Waals surface area contributed by atoms with Crippen LogP contribution >= 0.6 is 34.8 Å². The fourth-order valence-corrected chi connectivity index (χ4v) is 2.44. The van der Waals surface area contributed by atoms with Gasteiger partial charge in [0.25, 0.3) is 11.6 Å². The maximum absolute atomic E-state index is 12.5. The van der Waals surface area contributed by atoms with Crippen LogP contribution in [0.5, 0.6) is 0 Å². The van der Waals surface area contributed by atoms with E-state index in [-0.39, 0.29) is 5.69 Å². The van der Waals surface area contributed by atoms with E-state index in [0.29, 0.717) is 11.3 Å². The van der Waals surface area contributed by atoms with Crippen molar-refractivity contribution < 1.29 is 9.72 Å². The fraction of sp³-hybridized carbons (Fsp3) is 0.188. The van der Waals surface area contributed by atoms with Crippen molar-refractivity contribution >= 4 is 52.1 Å². The SMILES string of the molecule is Cc1ccccc1C(=O)N[C@@H](Nc1cccc([N+](=O)[O-])c1)C(Cl)(Cl)Cl. The second-order valence-corrected chi connectivity index (χ2v) is 7.58. The largest absolute Gasteiger partial charge is 0.362 e. The number of nitrogens with zero attached hydrogens (tertiary/aromatic N) is 1. The van der Waals surface area contributed by atoms with Gasteiger partial charge in [0.05, 0.1) is 4.92 Å². The number of halogens is 3. The van der Waals surface area contributed by atoms with Gasteiger partial charge in [-0.1, -0.05) is 59.1 Å². The maximum atomic E-state index is 12.5. The summed E-state index contributed by atoms with van der Waals surface area (Å²) in [5.41, 5.74) is 1.40. The van der Waals surface area contributed by atoms with E-state index in [1.54, 1.807) is 37.3 Å². The van der Waals surface area contributed by atoms with Crippen LogP contribution in [0.3, 0.4) is 0 Å². The summed E-state index contributed by atoms with van der Waals surface area (Å²) < 4.78 is -1.89. The third-order valence-corrected chi connectivity index (χ3v) is 4.02. The van der Waals surface area contributed by atoms with Gasteiger partial charge < -0.3 is 10.6 Å². The quantitative estimate of drug-likeness (QED) is 0.335. The molecule has 0 aromatic heterocycles. The summed E-state index contributed by atoms with van der Waals surface area (Å²) in [5.74, 6) is -0.438. The van der Waals surface area contributed by atoms with Crippen molar-refractivity contribution in [3.63, 3.8) is 0 Å². The van der Waals surface area contributed by atoms with Crippen molar-refractivity contribution in [3.8, 4) is 0 Å². The Morgan fingerprint density at radius 1 is 1.16 bits per heavy atom. The predicted octanol–water partition coefficient (Wildman–Crippen LogP) is 4.44. The van der Waals surface area contributed by atoms with Crippen molar-refractivity contribution in [2.45, 2.75) is 16.9 Å². The van der Waals surface area contributed by atoms with Gasteiger partial charge >= 0.3 is 0 Å². The molecular weight excluding hydrogens is 389 g/mol. The molecule has 132 valence electrons.